The molecule has 0 spiro atoms. The predicted octanol–water partition coefficient (Wildman–Crippen LogP) is 2.13. The number of amides is 1. The Labute approximate surface area is 144 Å². The Morgan fingerprint density at radius 2 is 2.08 bits per heavy atom. The molecule has 8 heteroatoms. The predicted molar refractivity (Wildman–Crippen MR) is 86.7 cm³/mol. The number of aliphatic hydroxyl groups excluding tert-OH is 1. The monoisotopic (exact) mass is 354 g/mol. The van der Waals surface area contributed by atoms with Crippen LogP contribution in [0.25, 0.3) is 0 Å². The molecule has 0 aliphatic carbocycles. The Kier molecular flexibility index (Phi) is 5.99. The van der Waals surface area contributed by atoms with Crippen LogP contribution in [0, 0.1) is 5.92 Å². The Morgan fingerprint density at radius 1 is 1.46 bits per heavy atom. The first-order chi connectivity index (χ1) is 11.3. The van der Waals surface area contributed by atoms with E-state index < -0.39 is 18.4 Å². The van der Waals surface area contributed by atoms with Crippen LogP contribution in [0.1, 0.15) is 19.4 Å². The fourth-order valence-corrected chi connectivity index (χ4v) is 2.66. The molecule has 1 fully saturated rings. The number of hydrogen-bond acceptors (Lipinski definition) is 5. The van der Waals surface area contributed by atoms with Gasteiger partial charge >= 0.3 is 6.09 Å². The highest BCUT2D eigenvalue weighted by molar-refractivity contribution is 6.30. The number of hydrazine groups is 1. The molecule has 1 heterocycles. The maximum atomic E-state index is 11.7. The van der Waals surface area contributed by atoms with E-state index in [0.717, 1.165) is 10.6 Å². The van der Waals surface area contributed by atoms with Gasteiger partial charge in [0, 0.05) is 10.9 Å². The van der Waals surface area contributed by atoms with Crippen molar-refractivity contribution in [2.45, 2.75) is 32.6 Å². The summed E-state index contributed by atoms with van der Waals surface area (Å²) in [6, 6.07) is 6.34. The van der Waals surface area contributed by atoms with Crippen molar-refractivity contribution in [2.75, 3.05) is 6.73 Å². The van der Waals surface area contributed by atoms with Gasteiger partial charge in [-0.15, -0.1) is 0 Å². The molecule has 2 unspecified atom stereocenters. The van der Waals surface area contributed by atoms with Gasteiger partial charge in [0.2, 0.25) is 0 Å². The summed E-state index contributed by atoms with van der Waals surface area (Å²) >= 11 is 5.86. The van der Waals surface area contributed by atoms with Gasteiger partial charge in [-0.1, -0.05) is 37.6 Å². The summed E-state index contributed by atoms with van der Waals surface area (Å²) in [6.45, 7) is 3.24. The van der Waals surface area contributed by atoms with Gasteiger partial charge in [-0.05, 0) is 24.1 Å². The van der Waals surface area contributed by atoms with Gasteiger partial charge in [0.25, 0.3) is 0 Å². The molecule has 2 rings (SSSR count). The summed E-state index contributed by atoms with van der Waals surface area (Å²) < 4.78 is 5.19. The topological polar surface area (TPSA) is 90.3 Å². The minimum Gasteiger partial charge on any atom is -0.464 e. The summed E-state index contributed by atoms with van der Waals surface area (Å²) in [5.41, 5.74) is 0.812. The average Bonchev–Trinajstić information content (AvgIpc) is 2.87. The van der Waals surface area contributed by atoms with E-state index in [-0.39, 0.29) is 18.3 Å². The lowest BCUT2D eigenvalue weighted by molar-refractivity contribution is -0.0676. The number of carbonyl (C=O) groups is 1. The number of ether oxygens (including phenoxy) is 1. The first kappa shape index (κ1) is 18.4. The second kappa shape index (κ2) is 7.79. The van der Waals surface area contributed by atoms with Crippen molar-refractivity contribution < 1.29 is 24.5 Å². The van der Waals surface area contributed by atoms with Crippen molar-refractivity contribution in [3.63, 3.8) is 0 Å². The van der Waals surface area contributed by atoms with Gasteiger partial charge in [-0.3, -0.25) is 0 Å². The fourth-order valence-electron chi connectivity index (χ4n) is 2.54. The van der Waals surface area contributed by atoms with Gasteiger partial charge in [0.05, 0.1) is 6.04 Å². The number of rotatable bonds is 5. The zero-order valence-corrected chi connectivity index (χ0v) is 14.1. The molecule has 1 aliphatic heterocycles. The number of allylic oxidation sites excluding steroid dienone is 1. The fraction of sp³-hybridized carbons (Fsp3) is 0.438. The number of benzene rings is 1. The lowest BCUT2D eigenvalue weighted by atomic mass is 10.1. The van der Waals surface area contributed by atoms with Crippen LogP contribution in [0.3, 0.4) is 0 Å². The summed E-state index contributed by atoms with van der Waals surface area (Å²) in [5.74, 6) is 1.33. The Hall–Kier alpha value is -1.89. The van der Waals surface area contributed by atoms with Crippen LogP contribution in [0.2, 0.25) is 5.02 Å². The Balaban J connectivity index is 2.30. The smallest absolute Gasteiger partial charge is 0.427 e. The molecule has 2 N–H and O–H groups in total. The van der Waals surface area contributed by atoms with E-state index in [0.29, 0.717) is 11.4 Å². The van der Waals surface area contributed by atoms with E-state index in [2.05, 4.69) is 0 Å². The Morgan fingerprint density at radius 3 is 2.58 bits per heavy atom. The van der Waals surface area contributed by atoms with Crippen molar-refractivity contribution >= 4 is 23.6 Å². The first-order valence-corrected chi connectivity index (χ1v) is 7.81. The van der Waals surface area contributed by atoms with Gasteiger partial charge in [0.1, 0.15) is 18.4 Å². The third-order valence-electron chi connectivity index (χ3n) is 3.77. The van der Waals surface area contributed by atoms with E-state index >= 15 is 0 Å². The highest BCUT2D eigenvalue weighted by atomic mass is 35.5. The molecule has 2 atom stereocenters. The minimum atomic E-state index is -1.33. The minimum absolute atomic E-state index is 0.0405. The zero-order valence-electron chi connectivity index (χ0n) is 13.3. The van der Waals surface area contributed by atoms with Crippen LogP contribution in [0.5, 0.6) is 0 Å². The highest BCUT2D eigenvalue weighted by Gasteiger charge is 2.41. The first-order valence-electron chi connectivity index (χ1n) is 7.43. The van der Waals surface area contributed by atoms with Crippen molar-refractivity contribution in [1.29, 1.82) is 0 Å². The molecule has 1 aliphatic rings. The van der Waals surface area contributed by atoms with Crippen LogP contribution in [-0.4, -0.2) is 51.3 Å². The van der Waals surface area contributed by atoms with Crippen LogP contribution in [-0.2, 0) is 16.0 Å². The molecule has 0 radical (unpaired) electrons. The van der Waals surface area contributed by atoms with E-state index in [1.165, 1.54) is 5.01 Å². The van der Waals surface area contributed by atoms with Gasteiger partial charge < -0.3 is 14.9 Å². The van der Waals surface area contributed by atoms with Gasteiger partial charge in [0.15, 0.2) is 6.29 Å². The van der Waals surface area contributed by atoms with Crippen molar-refractivity contribution in [3.8, 4) is 0 Å². The summed E-state index contributed by atoms with van der Waals surface area (Å²) in [6.07, 6.45) is -2.18. The van der Waals surface area contributed by atoms with E-state index in [9.17, 15) is 19.8 Å². The van der Waals surface area contributed by atoms with Crippen molar-refractivity contribution in [3.05, 3.63) is 40.5 Å². The van der Waals surface area contributed by atoms with Crippen LogP contribution in [0.15, 0.2) is 30.0 Å². The second-order valence-corrected chi connectivity index (χ2v) is 6.20. The molecule has 1 aromatic rings. The molecule has 24 heavy (non-hydrogen) atoms. The highest BCUT2D eigenvalue weighted by Crippen LogP contribution is 2.26. The molecular weight excluding hydrogens is 336 g/mol. The van der Waals surface area contributed by atoms with E-state index in [4.69, 9.17) is 16.3 Å². The van der Waals surface area contributed by atoms with Crippen LogP contribution < -0.4 is 0 Å². The second-order valence-electron chi connectivity index (χ2n) is 5.76. The quantitative estimate of drug-likeness (QED) is 0.787. The molecule has 1 aromatic carbocycles. The van der Waals surface area contributed by atoms with Crippen LogP contribution >= 0.6 is 11.6 Å². The normalized spacial score (nSPS) is 20.9. The molecule has 1 amide bonds. The molecular formula is C16H19ClN2O5. The van der Waals surface area contributed by atoms with Crippen molar-refractivity contribution in [2.24, 2.45) is 5.92 Å². The van der Waals surface area contributed by atoms with Crippen LogP contribution in [0.4, 0.5) is 4.79 Å². The van der Waals surface area contributed by atoms with Gasteiger partial charge in [-0.2, -0.15) is 10.0 Å². The number of carboxylic acid groups (broad SMARTS) is 1. The molecule has 0 aromatic heterocycles. The summed E-state index contributed by atoms with van der Waals surface area (Å²) in [4.78, 5) is 22.9. The zero-order chi connectivity index (χ0) is 17.9. The molecule has 7 nitrogen and oxygen atoms in total. The van der Waals surface area contributed by atoms with Gasteiger partial charge in [-0.25, -0.2) is 9.59 Å². The lowest BCUT2D eigenvalue weighted by Gasteiger charge is -2.34. The summed E-state index contributed by atoms with van der Waals surface area (Å²) in [5, 5.41) is 22.3. The number of halogens is 1. The maximum absolute atomic E-state index is 11.7. The molecule has 0 bridgehead atoms. The number of hydrogen-bond donors (Lipinski definition) is 2. The lowest BCUT2D eigenvalue weighted by Crippen LogP contribution is -2.51. The number of aliphatic hydroxyl groups is 1. The summed E-state index contributed by atoms with van der Waals surface area (Å²) in [7, 11) is 0. The molecule has 130 valence electrons. The van der Waals surface area contributed by atoms with E-state index in [1.807, 2.05) is 0 Å². The number of carbonyl (C=O) groups excluding carboxylic acids is 1. The third kappa shape index (κ3) is 3.95. The molecule has 1 saturated heterocycles. The van der Waals surface area contributed by atoms with Crippen molar-refractivity contribution in [1.82, 2.24) is 10.0 Å². The van der Waals surface area contributed by atoms with E-state index in [1.54, 1.807) is 44.1 Å². The SMILES string of the molecule is CC(C)C(=C=O)N(C(=O)O)N1COC(O)C1Cc1ccc(Cl)cc1. The standard InChI is InChI=1S/C16H19ClN2O5/c1-10(2)14(8-20)19(16(22)23)18-9-24-15(21)13(18)7-11-3-5-12(17)6-4-11/h3-6,10,13,15,21H,7,9H2,1-2H3,(H,22,23). The largest absolute Gasteiger partial charge is 0.464 e. The maximum Gasteiger partial charge on any atom is 0.427 e. The number of nitrogens with zero attached hydrogens (tertiary/aromatic N) is 2. The third-order valence-corrected chi connectivity index (χ3v) is 4.02. The average molecular weight is 355 g/mol. The Bertz CT molecular complexity index is 642. The molecule has 0 saturated carbocycles.